The Bertz CT molecular complexity index is 2900. The lowest BCUT2D eigenvalue weighted by Gasteiger charge is -2.14. The summed E-state index contributed by atoms with van der Waals surface area (Å²) >= 11 is 0. The number of nitro groups is 2. The molecule has 0 spiro atoms. The van der Waals surface area contributed by atoms with Crippen LogP contribution >= 0.6 is 0 Å². The number of fused-ring (bicyclic) bond motifs is 5. The van der Waals surface area contributed by atoms with Gasteiger partial charge in [-0.15, -0.1) is 0 Å². The van der Waals surface area contributed by atoms with E-state index in [1.807, 2.05) is 97.1 Å². The predicted octanol–water partition coefficient (Wildman–Crippen LogP) is 11.7. The molecule has 0 atom stereocenters. The minimum Gasteiger partial charge on any atom is -0.493 e. The molecule has 4 aromatic carbocycles. The molecule has 12 heteroatoms. The van der Waals surface area contributed by atoms with Crippen LogP contribution in [0, 0.1) is 20.2 Å². The zero-order valence-electron chi connectivity index (χ0n) is 31.9. The van der Waals surface area contributed by atoms with E-state index in [0.717, 1.165) is 79.4 Å². The van der Waals surface area contributed by atoms with Crippen LogP contribution in [0.3, 0.4) is 0 Å². The summed E-state index contributed by atoms with van der Waals surface area (Å²) in [5, 5.41) is 23.4. The quantitative estimate of drug-likeness (QED) is 0.131. The first-order chi connectivity index (χ1) is 29.4. The Morgan fingerprint density at radius 1 is 0.450 bits per heavy atom. The van der Waals surface area contributed by atoms with E-state index in [2.05, 4.69) is 9.97 Å². The van der Waals surface area contributed by atoms with Gasteiger partial charge < -0.3 is 19.4 Å². The molecular formula is C48H34N6O6. The van der Waals surface area contributed by atoms with Crippen molar-refractivity contribution < 1.29 is 19.3 Å². The number of ether oxygens (including phenoxy) is 2. The number of H-pyrrole nitrogens is 2. The maximum atomic E-state index is 11.7. The van der Waals surface area contributed by atoms with Crippen LogP contribution in [0.4, 0.5) is 11.4 Å². The van der Waals surface area contributed by atoms with E-state index in [1.165, 1.54) is 24.3 Å². The number of hydrogen-bond acceptors (Lipinski definition) is 8. The van der Waals surface area contributed by atoms with Crippen molar-refractivity contribution in [2.75, 3.05) is 13.2 Å². The lowest BCUT2D eigenvalue weighted by molar-refractivity contribution is -0.385. The molecule has 7 aromatic rings. The van der Waals surface area contributed by atoms with Crippen molar-refractivity contribution in [1.29, 1.82) is 0 Å². The van der Waals surface area contributed by atoms with Gasteiger partial charge in [-0.05, 0) is 109 Å². The van der Waals surface area contributed by atoms with Crippen LogP contribution in [0.2, 0.25) is 0 Å². The SMILES string of the molecule is O=[N+]([O-])c1ccc(-c2c3nc(c4c5ccc([nH]5)c(-c5ccc([N+](=O)[O-])cc5)c5nc(c(c6ccc2[nH]6)-c2ccccc2OCCCCOc2ccccc2-4)C=C5)C=C3)cc1. The summed E-state index contributed by atoms with van der Waals surface area (Å²) in [4.78, 5) is 40.6. The minimum atomic E-state index is -0.409. The molecule has 0 aliphatic carbocycles. The third-order valence-corrected chi connectivity index (χ3v) is 10.9. The monoisotopic (exact) mass is 790 g/mol. The standard InChI is InChI=1S/C48H34N6O6/c55-53(56)31-15-11-29(12-16-31)45-35-19-23-39(49-35)47-33-7-1-3-9-43(33)59-27-5-6-28-60-44-10-4-2-8-34(44)48(41-25-21-37(45)51-41)42-26-22-38(52-42)46(36-20-24-40(47)50-36)30-13-17-32(18-14-30)54(57)58/h1-4,7-26,49,52H,5-6,27-28H2. The number of nitrogens with zero attached hydrogens (tertiary/aromatic N) is 4. The van der Waals surface area contributed by atoms with Crippen molar-refractivity contribution >= 4 is 57.7 Å². The van der Waals surface area contributed by atoms with Crippen molar-refractivity contribution in [3.63, 3.8) is 0 Å². The Balaban J connectivity index is 1.40. The zero-order chi connectivity index (χ0) is 40.7. The Labute approximate surface area is 342 Å². The molecule has 0 unspecified atom stereocenters. The summed E-state index contributed by atoms with van der Waals surface area (Å²) in [6, 6.07) is 36.7. The highest BCUT2D eigenvalue weighted by molar-refractivity contribution is 6.00. The second-order valence-electron chi connectivity index (χ2n) is 14.5. The maximum absolute atomic E-state index is 11.7. The molecule has 0 radical (unpaired) electrons. The molecule has 2 N–H and O–H groups in total. The third kappa shape index (κ3) is 6.55. The van der Waals surface area contributed by atoms with Gasteiger partial charge in [0.2, 0.25) is 0 Å². The molecular weight excluding hydrogens is 757 g/mol. The summed E-state index contributed by atoms with van der Waals surface area (Å²) in [6.07, 6.45) is 9.38. The smallest absolute Gasteiger partial charge is 0.269 e. The predicted molar refractivity (Wildman–Crippen MR) is 234 cm³/mol. The van der Waals surface area contributed by atoms with Crippen LogP contribution in [-0.4, -0.2) is 43.0 Å². The number of para-hydroxylation sites is 2. The van der Waals surface area contributed by atoms with E-state index < -0.39 is 9.85 Å². The van der Waals surface area contributed by atoms with Crippen molar-refractivity contribution in [2.24, 2.45) is 0 Å². The first kappa shape index (κ1) is 36.2. The third-order valence-electron chi connectivity index (χ3n) is 10.9. The summed E-state index contributed by atoms with van der Waals surface area (Å²) in [5.74, 6) is 1.37. The van der Waals surface area contributed by atoms with Crippen LogP contribution in [0.5, 0.6) is 11.5 Å². The number of nitrogens with one attached hydrogen (secondary N) is 2. The summed E-state index contributed by atoms with van der Waals surface area (Å²) in [7, 11) is 0. The lowest BCUT2D eigenvalue weighted by atomic mass is 10.0. The minimum absolute atomic E-state index is 0.0155. The van der Waals surface area contributed by atoms with Crippen molar-refractivity contribution in [3.8, 4) is 56.0 Å². The molecule has 0 saturated carbocycles. The average molecular weight is 791 g/mol. The molecule has 0 amide bonds. The molecule has 10 bridgehead atoms. The number of hydrogen-bond donors (Lipinski definition) is 2. The van der Waals surface area contributed by atoms with E-state index in [-0.39, 0.29) is 11.4 Å². The average Bonchev–Trinajstić information content (AvgIpc) is 4.11. The number of aromatic amines is 2. The van der Waals surface area contributed by atoms with E-state index >= 15 is 0 Å². The number of non-ortho nitro benzene ring substituents is 2. The van der Waals surface area contributed by atoms with Crippen LogP contribution in [0.1, 0.15) is 35.6 Å². The molecule has 12 nitrogen and oxygen atoms in total. The van der Waals surface area contributed by atoms with Gasteiger partial charge in [0.15, 0.2) is 0 Å². The summed E-state index contributed by atoms with van der Waals surface area (Å²) in [6.45, 7) is 0.923. The Morgan fingerprint density at radius 2 is 0.800 bits per heavy atom. The van der Waals surface area contributed by atoms with Crippen LogP contribution < -0.4 is 9.47 Å². The molecule has 3 aromatic heterocycles. The maximum Gasteiger partial charge on any atom is 0.269 e. The van der Waals surface area contributed by atoms with Crippen LogP contribution in [-0.2, 0) is 0 Å². The largest absolute Gasteiger partial charge is 0.493 e. The molecule has 4 aliphatic rings. The van der Waals surface area contributed by atoms with E-state index in [0.29, 0.717) is 47.5 Å². The highest BCUT2D eigenvalue weighted by Crippen LogP contribution is 2.42. The number of nitro benzene ring substituents is 2. The van der Waals surface area contributed by atoms with Gasteiger partial charge >= 0.3 is 0 Å². The molecule has 11 rings (SSSR count). The van der Waals surface area contributed by atoms with Gasteiger partial charge in [-0.3, -0.25) is 20.2 Å². The van der Waals surface area contributed by atoms with Gasteiger partial charge in [-0.2, -0.15) is 0 Å². The fraction of sp³-hybridized carbons (Fsp3) is 0.0833. The lowest BCUT2D eigenvalue weighted by Crippen LogP contribution is -2.04. The second kappa shape index (κ2) is 15.0. The van der Waals surface area contributed by atoms with E-state index in [4.69, 9.17) is 19.4 Å². The van der Waals surface area contributed by atoms with Crippen molar-refractivity contribution in [3.05, 3.63) is 164 Å². The van der Waals surface area contributed by atoms with Gasteiger partial charge in [-0.1, -0.05) is 36.4 Å². The first-order valence-corrected chi connectivity index (χ1v) is 19.5. The Hall–Kier alpha value is -8.12. The molecule has 7 heterocycles. The van der Waals surface area contributed by atoms with Gasteiger partial charge in [0.1, 0.15) is 11.5 Å². The van der Waals surface area contributed by atoms with E-state index in [1.54, 1.807) is 24.3 Å². The fourth-order valence-corrected chi connectivity index (χ4v) is 8.05. The van der Waals surface area contributed by atoms with Gasteiger partial charge in [0, 0.05) is 79.7 Å². The summed E-state index contributed by atoms with van der Waals surface area (Å²) in [5.41, 5.74) is 11.8. The zero-order valence-corrected chi connectivity index (χ0v) is 31.9. The van der Waals surface area contributed by atoms with Crippen molar-refractivity contribution in [1.82, 2.24) is 19.9 Å². The van der Waals surface area contributed by atoms with Gasteiger partial charge in [-0.25, -0.2) is 9.97 Å². The van der Waals surface area contributed by atoms with Crippen molar-refractivity contribution in [2.45, 2.75) is 12.8 Å². The molecule has 0 saturated heterocycles. The normalized spacial score (nSPS) is 13.1. The Kier molecular flexibility index (Phi) is 9.06. The van der Waals surface area contributed by atoms with Gasteiger partial charge in [0.05, 0.1) is 45.8 Å². The van der Waals surface area contributed by atoms with Gasteiger partial charge in [0.25, 0.3) is 11.4 Å². The number of aromatic nitrogens is 4. The second-order valence-corrected chi connectivity index (χ2v) is 14.5. The highest BCUT2D eigenvalue weighted by Gasteiger charge is 2.22. The summed E-state index contributed by atoms with van der Waals surface area (Å²) < 4.78 is 13.1. The highest BCUT2D eigenvalue weighted by atomic mass is 16.6. The van der Waals surface area contributed by atoms with E-state index in [9.17, 15) is 20.2 Å². The molecule has 0 fully saturated rings. The van der Waals surface area contributed by atoms with Crippen LogP contribution in [0.15, 0.2) is 121 Å². The topological polar surface area (TPSA) is 162 Å². The number of benzene rings is 4. The Morgan fingerprint density at radius 3 is 1.18 bits per heavy atom. The fourth-order valence-electron chi connectivity index (χ4n) is 8.05. The number of rotatable bonds is 4. The molecule has 4 aliphatic heterocycles. The molecule has 292 valence electrons. The first-order valence-electron chi connectivity index (χ1n) is 19.5. The van der Waals surface area contributed by atoms with Crippen LogP contribution in [0.25, 0.3) is 90.9 Å². The molecule has 60 heavy (non-hydrogen) atoms.